The van der Waals surface area contributed by atoms with Crippen molar-refractivity contribution in [2.45, 2.75) is 58.9 Å². The van der Waals surface area contributed by atoms with Gasteiger partial charge in [-0.25, -0.2) is 0 Å². The van der Waals surface area contributed by atoms with Crippen LogP contribution in [0, 0.1) is 26.7 Å². The number of carbonyl (C=O) groups excluding carboxylic acids is 1. The predicted molar refractivity (Wildman–Crippen MR) is 87.5 cm³/mol. The molecule has 0 aromatic heterocycles. The van der Waals surface area contributed by atoms with Crippen LogP contribution in [-0.4, -0.2) is 18.0 Å². The molecule has 3 heteroatoms. The number of carbonyl (C=O) groups is 1. The van der Waals surface area contributed by atoms with Crippen LogP contribution in [-0.2, 0) is 0 Å². The summed E-state index contributed by atoms with van der Waals surface area (Å²) in [6.07, 6.45) is 4.51. The lowest BCUT2D eigenvalue weighted by molar-refractivity contribution is 0.0811. The molecule has 2 unspecified atom stereocenters. The lowest BCUT2D eigenvalue weighted by atomic mass is 9.73. The quantitative estimate of drug-likeness (QED) is 0.897. The zero-order valence-corrected chi connectivity index (χ0v) is 13.8. The molecule has 1 aromatic carbocycles. The molecular weight excluding hydrogens is 260 g/mol. The molecule has 0 spiro atoms. The standard InChI is InChI=1S/C18H28N2O/c1-12-9-13(2)16(14(3)10-12)17(21)20-18(11-19)8-6-5-7-15(18)4/h9-10,15H,5-8,11,19H2,1-4H3,(H,20,21). The smallest absolute Gasteiger partial charge is 0.252 e. The Morgan fingerprint density at radius 1 is 1.29 bits per heavy atom. The second kappa shape index (κ2) is 6.18. The molecule has 0 aliphatic heterocycles. The number of hydrogen-bond acceptors (Lipinski definition) is 2. The second-order valence-electron chi connectivity index (χ2n) is 6.73. The summed E-state index contributed by atoms with van der Waals surface area (Å²) in [5.74, 6) is 0.468. The van der Waals surface area contributed by atoms with Crippen LogP contribution < -0.4 is 11.1 Å². The van der Waals surface area contributed by atoms with Gasteiger partial charge in [0.15, 0.2) is 0 Å². The fourth-order valence-corrected chi connectivity index (χ4v) is 3.78. The maximum absolute atomic E-state index is 12.8. The van der Waals surface area contributed by atoms with Crippen molar-refractivity contribution in [2.24, 2.45) is 11.7 Å². The molecule has 1 amide bonds. The fourth-order valence-electron chi connectivity index (χ4n) is 3.78. The van der Waals surface area contributed by atoms with Crippen molar-refractivity contribution in [1.29, 1.82) is 0 Å². The Kier molecular flexibility index (Phi) is 4.72. The molecule has 1 saturated carbocycles. The minimum Gasteiger partial charge on any atom is -0.345 e. The molecule has 2 atom stereocenters. The third kappa shape index (κ3) is 3.13. The Hall–Kier alpha value is -1.35. The van der Waals surface area contributed by atoms with Crippen molar-refractivity contribution >= 4 is 5.91 Å². The van der Waals surface area contributed by atoms with E-state index < -0.39 is 0 Å². The fraction of sp³-hybridized carbons (Fsp3) is 0.611. The molecule has 2 rings (SSSR count). The highest BCUT2D eigenvalue weighted by atomic mass is 16.1. The van der Waals surface area contributed by atoms with Crippen molar-refractivity contribution in [3.05, 3.63) is 34.4 Å². The van der Waals surface area contributed by atoms with E-state index in [4.69, 9.17) is 5.73 Å². The van der Waals surface area contributed by atoms with E-state index in [2.05, 4.69) is 31.3 Å². The molecule has 0 bridgehead atoms. The van der Waals surface area contributed by atoms with E-state index in [0.29, 0.717) is 12.5 Å². The van der Waals surface area contributed by atoms with Crippen LogP contribution >= 0.6 is 0 Å². The molecule has 3 N–H and O–H groups in total. The topological polar surface area (TPSA) is 55.1 Å². The van der Waals surface area contributed by atoms with Crippen molar-refractivity contribution in [3.63, 3.8) is 0 Å². The van der Waals surface area contributed by atoms with E-state index in [1.54, 1.807) is 0 Å². The Balaban J connectivity index is 2.28. The first-order valence-corrected chi connectivity index (χ1v) is 8.00. The summed E-state index contributed by atoms with van der Waals surface area (Å²) >= 11 is 0. The summed E-state index contributed by atoms with van der Waals surface area (Å²) in [4.78, 5) is 12.8. The molecule has 1 aliphatic carbocycles. The zero-order chi connectivity index (χ0) is 15.6. The van der Waals surface area contributed by atoms with Gasteiger partial charge in [-0.2, -0.15) is 0 Å². The van der Waals surface area contributed by atoms with Gasteiger partial charge in [0.25, 0.3) is 5.91 Å². The number of rotatable bonds is 3. The Labute approximate surface area is 128 Å². The van der Waals surface area contributed by atoms with Gasteiger partial charge in [-0.15, -0.1) is 0 Å². The zero-order valence-electron chi connectivity index (χ0n) is 13.8. The number of amides is 1. The van der Waals surface area contributed by atoms with Crippen LogP contribution in [0.2, 0.25) is 0 Å². The van der Waals surface area contributed by atoms with Crippen LogP contribution in [0.1, 0.15) is 59.7 Å². The van der Waals surface area contributed by atoms with Crippen molar-refractivity contribution in [2.75, 3.05) is 6.54 Å². The average molecular weight is 288 g/mol. The molecule has 3 nitrogen and oxygen atoms in total. The van der Waals surface area contributed by atoms with Gasteiger partial charge in [-0.1, -0.05) is 37.5 Å². The first kappa shape index (κ1) is 16.0. The van der Waals surface area contributed by atoms with Crippen LogP contribution in [0.3, 0.4) is 0 Å². The Bertz CT molecular complexity index is 515. The maximum atomic E-state index is 12.8. The molecule has 0 heterocycles. The van der Waals surface area contributed by atoms with Crippen LogP contribution in [0.15, 0.2) is 12.1 Å². The Morgan fingerprint density at radius 3 is 2.43 bits per heavy atom. The van der Waals surface area contributed by atoms with Gasteiger partial charge in [-0.05, 0) is 50.7 Å². The minimum atomic E-state index is -0.237. The first-order chi connectivity index (χ1) is 9.89. The van der Waals surface area contributed by atoms with Gasteiger partial charge in [0.05, 0.1) is 5.54 Å². The third-order valence-electron chi connectivity index (χ3n) is 5.08. The number of nitrogens with two attached hydrogens (primary N) is 1. The number of benzene rings is 1. The van der Waals surface area contributed by atoms with Crippen molar-refractivity contribution in [3.8, 4) is 0 Å². The molecule has 1 fully saturated rings. The van der Waals surface area contributed by atoms with Crippen LogP contribution in [0.5, 0.6) is 0 Å². The number of nitrogens with one attached hydrogen (secondary N) is 1. The summed E-state index contributed by atoms with van der Waals surface area (Å²) in [5, 5.41) is 3.29. The normalized spacial score (nSPS) is 25.7. The summed E-state index contributed by atoms with van der Waals surface area (Å²) in [6.45, 7) is 8.81. The van der Waals surface area contributed by atoms with E-state index in [9.17, 15) is 4.79 Å². The molecule has 116 valence electrons. The highest BCUT2D eigenvalue weighted by Crippen LogP contribution is 2.33. The SMILES string of the molecule is Cc1cc(C)c(C(=O)NC2(CN)CCCCC2C)c(C)c1. The van der Waals surface area contributed by atoms with Gasteiger partial charge in [0.1, 0.15) is 0 Å². The largest absolute Gasteiger partial charge is 0.345 e. The molecule has 0 saturated heterocycles. The van der Waals surface area contributed by atoms with Gasteiger partial charge >= 0.3 is 0 Å². The van der Waals surface area contributed by atoms with E-state index in [1.807, 2.05) is 13.8 Å². The molecule has 1 aliphatic rings. The molecular formula is C18H28N2O. The van der Waals surface area contributed by atoms with E-state index in [-0.39, 0.29) is 11.4 Å². The van der Waals surface area contributed by atoms with Gasteiger partial charge in [-0.3, -0.25) is 4.79 Å². The van der Waals surface area contributed by atoms with Gasteiger partial charge in [0.2, 0.25) is 0 Å². The lowest BCUT2D eigenvalue weighted by Gasteiger charge is -2.42. The molecule has 1 aromatic rings. The number of aryl methyl sites for hydroxylation is 3. The van der Waals surface area contributed by atoms with E-state index >= 15 is 0 Å². The maximum Gasteiger partial charge on any atom is 0.252 e. The summed E-state index contributed by atoms with van der Waals surface area (Å²) in [7, 11) is 0. The highest BCUT2D eigenvalue weighted by molar-refractivity contribution is 5.97. The summed E-state index contributed by atoms with van der Waals surface area (Å²) in [5.41, 5.74) is 9.89. The first-order valence-electron chi connectivity index (χ1n) is 8.00. The van der Waals surface area contributed by atoms with Crippen LogP contribution in [0.25, 0.3) is 0 Å². The number of hydrogen-bond donors (Lipinski definition) is 2. The van der Waals surface area contributed by atoms with Crippen molar-refractivity contribution < 1.29 is 4.79 Å². The minimum absolute atomic E-state index is 0.0317. The van der Waals surface area contributed by atoms with E-state index in [1.165, 1.54) is 12.0 Å². The highest BCUT2D eigenvalue weighted by Gasteiger charge is 2.38. The monoisotopic (exact) mass is 288 g/mol. The third-order valence-corrected chi connectivity index (χ3v) is 5.08. The predicted octanol–water partition coefficient (Wildman–Crippen LogP) is 3.25. The summed E-state index contributed by atoms with van der Waals surface area (Å²) < 4.78 is 0. The summed E-state index contributed by atoms with van der Waals surface area (Å²) in [6, 6.07) is 4.14. The molecule has 21 heavy (non-hydrogen) atoms. The second-order valence-corrected chi connectivity index (χ2v) is 6.73. The van der Waals surface area contributed by atoms with Crippen molar-refractivity contribution in [1.82, 2.24) is 5.32 Å². The van der Waals surface area contributed by atoms with Crippen LogP contribution in [0.4, 0.5) is 0 Å². The molecule has 0 radical (unpaired) electrons. The lowest BCUT2D eigenvalue weighted by Crippen LogP contribution is -2.59. The average Bonchev–Trinajstić information content (AvgIpc) is 2.40. The van der Waals surface area contributed by atoms with E-state index in [0.717, 1.165) is 36.0 Å². The van der Waals surface area contributed by atoms with Gasteiger partial charge < -0.3 is 11.1 Å². The Morgan fingerprint density at radius 2 is 1.90 bits per heavy atom. The van der Waals surface area contributed by atoms with Gasteiger partial charge in [0, 0.05) is 12.1 Å².